The van der Waals surface area contributed by atoms with E-state index in [1.807, 2.05) is 47.5 Å². The second-order valence-electron chi connectivity index (χ2n) is 5.49. The molecule has 0 saturated carbocycles. The van der Waals surface area contributed by atoms with Crippen LogP contribution < -0.4 is 0 Å². The summed E-state index contributed by atoms with van der Waals surface area (Å²) < 4.78 is 5.90. The number of fused-ring (bicyclic) bond motifs is 1. The van der Waals surface area contributed by atoms with Gasteiger partial charge in [-0.2, -0.15) is 0 Å². The standard InChI is InChI=1S/C17H15N3O2S2/c21-16-15(24-17(23)20(16)19-7-9-22-10-8-19)11-13-6-5-12-3-1-2-4-14(12)18-13/h1-6,11H,7-10H2/b15-11-. The largest absolute Gasteiger partial charge is 0.379 e. The lowest BCUT2D eigenvalue weighted by molar-refractivity contribution is -0.138. The molecule has 2 fully saturated rings. The van der Waals surface area contributed by atoms with Crippen LogP contribution in [-0.2, 0) is 9.53 Å². The summed E-state index contributed by atoms with van der Waals surface area (Å²) in [7, 11) is 0. The Labute approximate surface area is 149 Å². The van der Waals surface area contributed by atoms with Crippen LogP contribution in [0.25, 0.3) is 17.0 Å². The van der Waals surface area contributed by atoms with Gasteiger partial charge in [0.25, 0.3) is 5.91 Å². The highest BCUT2D eigenvalue weighted by Crippen LogP contribution is 2.33. The molecule has 1 aromatic carbocycles. The summed E-state index contributed by atoms with van der Waals surface area (Å²) in [4.78, 5) is 17.9. The number of carbonyl (C=O) groups excluding carboxylic acids is 1. The second kappa shape index (κ2) is 6.60. The van der Waals surface area contributed by atoms with E-state index in [1.165, 1.54) is 11.8 Å². The van der Waals surface area contributed by atoms with Crippen LogP contribution >= 0.6 is 24.0 Å². The molecule has 0 aliphatic carbocycles. The van der Waals surface area contributed by atoms with Gasteiger partial charge in [-0.25, -0.2) is 15.0 Å². The normalized spacial score (nSPS) is 21.2. The van der Waals surface area contributed by atoms with Gasteiger partial charge in [-0.15, -0.1) is 0 Å². The Morgan fingerprint density at radius 3 is 2.79 bits per heavy atom. The van der Waals surface area contributed by atoms with Crippen LogP contribution in [0, 0.1) is 0 Å². The molecular formula is C17H15N3O2S2. The van der Waals surface area contributed by atoms with E-state index in [1.54, 1.807) is 5.01 Å². The van der Waals surface area contributed by atoms with E-state index >= 15 is 0 Å². The predicted molar refractivity (Wildman–Crippen MR) is 99.1 cm³/mol. The summed E-state index contributed by atoms with van der Waals surface area (Å²) in [6.45, 7) is 2.58. The van der Waals surface area contributed by atoms with Gasteiger partial charge in [0.1, 0.15) is 0 Å². The van der Waals surface area contributed by atoms with Crippen LogP contribution in [-0.4, -0.2) is 51.5 Å². The lowest BCUT2D eigenvalue weighted by Crippen LogP contribution is -2.50. The SMILES string of the molecule is O=C1/C(=C/c2ccc3ccccc3n2)SC(=S)N1N1CCOCC1. The van der Waals surface area contributed by atoms with E-state index in [-0.39, 0.29) is 5.91 Å². The van der Waals surface area contributed by atoms with Crippen LogP contribution in [0.4, 0.5) is 0 Å². The maximum atomic E-state index is 12.7. The first kappa shape index (κ1) is 15.7. The van der Waals surface area contributed by atoms with Gasteiger partial charge in [-0.05, 0) is 18.2 Å². The molecule has 0 spiro atoms. The number of morpholine rings is 1. The number of thioether (sulfide) groups is 1. The van der Waals surface area contributed by atoms with Gasteiger partial charge in [0.15, 0.2) is 4.32 Å². The Balaban J connectivity index is 1.62. The molecule has 1 amide bonds. The molecule has 2 aliphatic heterocycles. The van der Waals surface area contributed by atoms with Crippen molar-refractivity contribution in [3.63, 3.8) is 0 Å². The Hall–Kier alpha value is -1.80. The lowest BCUT2D eigenvalue weighted by Gasteiger charge is -2.33. The smallest absolute Gasteiger partial charge is 0.281 e. The monoisotopic (exact) mass is 357 g/mol. The highest BCUT2D eigenvalue weighted by molar-refractivity contribution is 8.26. The number of benzene rings is 1. The highest BCUT2D eigenvalue weighted by atomic mass is 32.2. The fraction of sp³-hybridized carbons (Fsp3) is 0.235. The van der Waals surface area contributed by atoms with Crippen molar-refractivity contribution in [3.8, 4) is 0 Å². The van der Waals surface area contributed by atoms with Gasteiger partial charge < -0.3 is 4.74 Å². The molecule has 5 nitrogen and oxygen atoms in total. The first-order valence-corrected chi connectivity index (χ1v) is 8.91. The summed E-state index contributed by atoms with van der Waals surface area (Å²) in [5.41, 5.74) is 1.67. The molecule has 7 heteroatoms. The summed E-state index contributed by atoms with van der Waals surface area (Å²) in [5, 5.41) is 4.63. The molecule has 0 atom stereocenters. The first-order chi connectivity index (χ1) is 11.7. The number of hydrazine groups is 1. The zero-order valence-corrected chi connectivity index (χ0v) is 14.5. The molecule has 122 valence electrons. The van der Waals surface area contributed by atoms with Crippen molar-refractivity contribution >= 4 is 51.2 Å². The molecule has 2 aliphatic rings. The summed E-state index contributed by atoms with van der Waals surface area (Å²) in [5.74, 6) is -0.0816. The minimum atomic E-state index is -0.0816. The maximum absolute atomic E-state index is 12.7. The van der Waals surface area contributed by atoms with Gasteiger partial charge in [0.05, 0.1) is 29.3 Å². The van der Waals surface area contributed by atoms with Crippen molar-refractivity contribution in [3.05, 3.63) is 47.0 Å². The fourth-order valence-electron chi connectivity index (χ4n) is 2.75. The van der Waals surface area contributed by atoms with Gasteiger partial charge in [-0.3, -0.25) is 4.79 Å². The Morgan fingerprint density at radius 2 is 1.96 bits per heavy atom. The molecule has 0 radical (unpaired) electrons. The van der Waals surface area contributed by atoms with E-state index in [4.69, 9.17) is 17.0 Å². The highest BCUT2D eigenvalue weighted by Gasteiger charge is 2.37. The third kappa shape index (κ3) is 2.95. The van der Waals surface area contributed by atoms with Crippen molar-refractivity contribution in [1.82, 2.24) is 15.0 Å². The third-order valence-corrected chi connectivity index (χ3v) is 5.23. The molecule has 1 aromatic heterocycles. The fourth-order valence-corrected chi connectivity index (χ4v) is 4.05. The number of rotatable bonds is 2. The number of ether oxygens (including phenoxy) is 1. The van der Waals surface area contributed by atoms with E-state index in [0.29, 0.717) is 35.5 Å². The summed E-state index contributed by atoms with van der Waals surface area (Å²) in [6.07, 6.45) is 1.81. The topological polar surface area (TPSA) is 45.7 Å². The minimum absolute atomic E-state index is 0.0816. The van der Waals surface area contributed by atoms with Gasteiger partial charge in [-0.1, -0.05) is 48.2 Å². The van der Waals surface area contributed by atoms with E-state index in [0.717, 1.165) is 16.6 Å². The molecule has 24 heavy (non-hydrogen) atoms. The number of hydrogen-bond acceptors (Lipinski definition) is 6. The molecule has 3 heterocycles. The number of nitrogens with zero attached hydrogens (tertiary/aromatic N) is 3. The van der Waals surface area contributed by atoms with Crippen LogP contribution in [0.1, 0.15) is 5.69 Å². The molecule has 0 N–H and O–H groups in total. The number of para-hydroxylation sites is 1. The van der Waals surface area contributed by atoms with Crippen molar-refractivity contribution in [1.29, 1.82) is 0 Å². The molecule has 4 rings (SSSR count). The second-order valence-corrected chi connectivity index (χ2v) is 7.16. The lowest BCUT2D eigenvalue weighted by atomic mass is 10.2. The van der Waals surface area contributed by atoms with E-state index in [2.05, 4.69) is 4.98 Å². The van der Waals surface area contributed by atoms with Crippen molar-refractivity contribution < 1.29 is 9.53 Å². The Morgan fingerprint density at radius 1 is 1.17 bits per heavy atom. The van der Waals surface area contributed by atoms with Gasteiger partial charge >= 0.3 is 0 Å². The van der Waals surface area contributed by atoms with Crippen molar-refractivity contribution in [2.45, 2.75) is 0 Å². The average Bonchev–Trinajstić information content (AvgIpc) is 2.89. The van der Waals surface area contributed by atoms with Gasteiger partial charge in [0.2, 0.25) is 0 Å². The predicted octanol–water partition coefficient (Wildman–Crippen LogP) is 2.68. The van der Waals surface area contributed by atoms with Crippen molar-refractivity contribution in [2.75, 3.05) is 26.3 Å². The average molecular weight is 357 g/mol. The first-order valence-electron chi connectivity index (χ1n) is 7.69. The summed E-state index contributed by atoms with van der Waals surface area (Å²) >= 11 is 6.72. The number of amides is 1. The quantitative estimate of drug-likeness (QED) is 0.608. The minimum Gasteiger partial charge on any atom is -0.379 e. The number of pyridine rings is 1. The zero-order chi connectivity index (χ0) is 16.5. The van der Waals surface area contributed by atoms with Gasteiger partial charge in [0, 0.05) is 18.5 Å². The number of carbonyl (C=O) groups is 1. The van der Waals surface area contributed by atoms with Crippen molar-refractivity contribution in [2.24, 2.45) is 0 Å². The number of thiocarbonyl (C=S) groups is 1. The van der Waals surface area contributed by atoms with Crippen LogP contribution in [0.15, 0.2) is 41.3 Å². The Kier molecular flexibility index (Phi) is 4.32. The maximum Gasteiger partial charge on any atom is 0.281 e. The van der Waals surface area contributed by atoms with E-state index < -0.39 is 0 Å². The number of hydrogen-bond donors (Lipinski definition) is 0. The van der Waals surface area contributed by atoms with Crippen LogP contribution in [0.2, 0.25) is 0 Å². The zero-order valence-electron chi connectivity index (χ0n) is 12.8. The van der Waals surface area contributed by atoms with Crippen LogP contribution in [0.3, 0.4) is 0 Å². The molecule has 0 unspecified atom stereocenters. The molecule has 2 saturated heterocycles. The molecular weight excluding hydrogens is 342 g/mol. The molecule has 2 aromatic rings. The van der Waals surface area contributed by atoms with Crippen LogP contribution in [0.5, 0.6) is 0 Å². The summed E-state index contributed by atoms with van der Waals surface area (Å²) in [6, 6.07) is 11.9. The third-order valence-electron chi connectivity index (χ3n) is 3.94. The Bertz CT molecular complexity index is 847. The molecule has 0 bridgehead atoms. The van der Waals surface area contributed by atoms with E-state index in [9.17, 15) is 4.79 Å². The number of aromatic nitrogens is 1.